The van der Waals surface area contributed by atoms with Crippen LogP contribution in [0.3, 0.4) is 0 Å². The molecule has 10 heteroatoms. The van der Waals surface area contributed by atoms with Gasteiger partial charge in [-0.15, -0.1) is 0 Å². The second-order valence-corrected chi connectivity index (χ2v) is 7.37. The summed E-state index contributed by atoms with van der Waals surface area (Å²) in [5.74, 6) is 0. The van der Waals surface area contributed by atoms with E-state index in [2.05, 4.69) is 10.9 Å². The van der Waals surface area contributed by atoms with E-state index in [0.29, 0.717) is 18.7 Å². The lowest BCUT2D eigenvalue weighted by Crippen LogP contribution is -2.30. The van der Waals surface area contributed by atoms with E-state index >= 15 is 0 Å². The Bertz CT molecular complexity index is 701. The predicted molar refractivity (Wildman–Crippen MR) is 90.4 cm³/mol. The number of hydrogen-bond acceptors (Lipinski definition) is 4. The minimum absolute atomic E-state index is 0.105. The standard InChI is InChI=1S/C16H14F6N2S2/c17-15(18,19)25-13-6-4-11(5-7-13)9-23-24-10-12-2-1-3-14(8-12)26-16(20,21)22/h1-8,23-24H,9-10H2. The molecule has 2 N–H and O–H groups in total. The Balaban J connectivity index is 1.77. The monoisotopic (exact) mass is 412 g/mol. The Kier molecular flexibility index (Phi) is 7.27. The summed E-state index contributed by atoms with van der Waals surface area (Å²) < 4.78 is 73.8. The van der Waals surface area contributed by atoms with Gasteiger partial charge in [0.15, 0.2) is 0 Å². The molecule has 0 fully saturated rings. The van der Waals surface area contributed by atoms with Crippen molar-refractivity contribution in [1.29, 1.82) is 0 Å². The Morgan fingerprint density at radius 3 is 1.77 bits per heavy atom. The van der Waals surface area contributed by atoms with Gasteiger partial charge in [-0.05, 0) is 58.9 Å². The largest absolute Gasteiger partial charge is 0.446 e. The Hall–Kier alpha value is -1.36. The van der Waals surface area contributed by atoms with Crippen LogP contribution in [0.1, 0.15) is 11.1 Å². The maximum Gasteiger partial charge on any atom is 0.446 e. The van der Waals surface area contributed by atoms with E-state index in [0.717, 1.165) is 5.56 Å². The molecule has 0 heterocycles. The molecule has 0 bridgehead atoms. The first-order valence-corrected chi connectivity index (χ1v) is 8.89. The Morgan fingerprint density at radius 2 is 1.19 bits per heavy atom. The van der Waals surface area contributed by atoms with Crippen LogP contribution in [0, 0.1) is 0 Å². The van der Waals surface area contributed by atoms with Crippen LogP contribution in [0.2, 0.25) is 0 Å². The molecule has 0 saturated heterocycles. The first-order chi connectivity index (χ1) is 12.1. The molecule has 0 atom stereocenters. The Labute approximate surface area is 154 Å². The van der Waals surface area contributed by atoms with E-state index in [-0.39, 0.29) is 33.3 Å². The number of nitrogens with one attached hydrogen (secondary N) is 2. The average molecular weight is 412 g/mol. The van der Waals surface area contributed by atoms with Gasteiger partial charge >= 0.3 is 11.0 Å². The smallest absolute Gasteiger partial charge is 0.253 e. The first-order valence-electron chi connectivity index (χ1n) is 7.26. The molecule has 26 heavy (non-hydrogen) atoms. The molecule has 0 aliphatic rings. The minimum atomic E-state index is -4.33. The van der Waals surface area contributed by atoms with Gasteiger partial charge in [0.1, 0.15) is 0 Å². The lowest BCUT2D eigenvalue weighted by Gasteiger charge is -2.10. The van der Waals surface area contributed by atoms with Crippen LogP contribution in [0.25, 0.3) is 0 Å². The van der Waals surface area contributed by atoms with Crippen LogP contribution < -0.4 is 10.9 Å². The summed E-state index contributed by atoms with van der Waals surface area (Å²) in [5, 5.41) is 0. The summed E-state index contributed by atoms with van der Waals surface area (Å²) in [6.45, 7) is 0.655. The molecule has 0 unspecified atom stereocenters. The second-order valence-electron chi connectivity index (χ2n) is 5.09. The number of rotatable bonds is 7. The molecule has 2 aromatic rings. The fraction of sp³-hybridized carbons (Fsp3) is 0.250. The zero-order valence-corrected chi connectivity index (χ0v) is 14.8. The molecule has 0 aliphatic carbocycles. The maximum atomic E-state index is 12.4. The third-order valence-corrected chi connectivity index (χ3v) is 4.46. The topological polar surface area (TPSA) is 24.1 Å². The van der Waals surface area contributed by atoms with Gasteiger partial charge < -0.3 is 0 Å². The zero-order valence-electron chi connectivity index (χ0n) is 13.1. The van der Waals surface area contributed by atoms with E-state index in [9.17, 15) is 26.3 Å². The lowest BCUT2D eigenvalue weighted by molar-refractivity contribution is -0.0337. The predicted octanol–water partition coefficient (Wildman–Crippen LogP) is 5.70. The van der Waals surface area contributed by atoms with E-state index < -0.39 is 11.0 Å². The van der Waals surface area contributed by atoms with Crippen molar-refractivity contribution in [3.63, 3.8) is 0 Å². The highest BCUT2D eigenvalue weighted by Gasteiger charge is 2.29. The number of thioether (sulfide) groups is 2. The third-order valence-electron chi connectivity index (χ3n) is 3.00. The third kappa shape index (κ3) is 8.35. The fourth-order valence-corrected chi connectivity index (χ4v) is 3.15. The average Bonchev–Trinajstić information content (AvgIpc) is 2.50. The van der Waals surface area contributed by atoms with E-state index in [1.165, 1.54) is 24.3 Å². The zero-order chi connectivity index (χ0) is 19.2. The van der Waals surface area contributed by atoms with Crippen LogP contribution in [0.15, 0.2) is 58.3 Å². The summed E-state index contributed by atoms with van der Waals surface area (Å²) in [4.78, 5) is 0.211. The quantitative estimate of drug-likeness (QED) is 0.264. The van der Waals surface area contributed by atoms with Gasteiger partial charge in [-0.25, -0.2) is 0 Å². The second kappa shape index (κ2) is 9.03. The molecular formula is C16H14F6N2S2. The van der Waals surface area contributed by atoms with Crippen LogP contribution >= 0.6 is 23.5 Å². The fourth-order valence-electron chi connectivity index (χ4n) is 1.99. The molecule has 0 aliphatic heterocycles. The van der Waals surface area contributed by atoms with Gasteiger partial charge in [-0.2, -0.15) is 26.3 Å². The molecule has 0 spiro atoms. The van der Waals surface area contributed by atoms with Crippen molar-refractivity contribution in [2.45, 2.75) is 33.9 Å². The maximum absolute atomic E-state index is 12.4. The van der Waals surface area contributed by atoms with Crippen LogP contribution in [0.4, 0.5) is 26.3 Å². The van der Waals surface area contributed by atoms with Crippen molar-refractivity contribution in [3.05, 3.63) is 59.7 Å². The highest BCUT2D eigenvalue weighted by atomic mass is 32.2. The highest BCUT2D eigenvalue weighted by Crippen LogP contribution is 2.37. The van der Waals surface area contributed by atoms with Crippen molar-refractivity contribution >= 4 is 23.5 Å². The van der Waals surface area contributed by atoms with Gasteiger partial charge in [-0.1, -0.05) is 24.3 Å². The molecular weight excluding hydrogens is 398 g/mol. The normalized spacial score (nSPS) is 12.4. The summed E-state index contributed by atoms with van der Waals surface area (Å²) in [6, 6.07) is 12.0. The SMILES string of the molecule is FC(F)(F)Sc1ccc(CNNCc2cccc(SC(F)(F)F)c2)cc1. The molecule has 2 rings (SSSR count). The minimum Gasteiger partial charge on any atom is -0.253 e. The van der Waals surface area contributed by atoms with Gasteiger partial charge in [-0.3, -0.25) is 10.9 Å². The molecule has 142 valence electrons. The molecule has 0 aromatic heterocycles. The number of hydrazine groups is 1. The Morgan fingerprint density at radius 1 is 0.654 bits per heavy atom. The van der Waals surface area contributed by atoms with Crippen LogP contribution in [-0.2, 0) is 13.1 Å². The summed E-state index contributed by atoms with van der Waals surface area (Å²) in [6.07, 6.45) is 0. The molecule has 0 saturated carbocycles. The van der Waals surface area contributed by atoms with Crippen LogP contribution in [-0.4, -0.2) is 11.0 Å². The number of alkyl halides is 6. The van der Waals surface area contributed by atoms with Crippen molar-refractivity contribution in [2.75, 3.05) is 0 Å². The van der Waals surface area contributed by atoms with Gasteiger partial charge in [0.2, 0.25) is 0 Å². The van der Waals surface area contributed by atoms with Crippen molar-refractivity contribution in [1.82, 2.24) is 10.9 Å². The molecule has 2 nitrogen and oxygen atoms in total. The van der Waals surface area contributed by atoms with E-state index in [1.807, 2.05) is 0 Å². The summed E-state index contributed by atoms with van der Waals surface area (Å²) in [7, 11) is 0. The number of hydrogen-bond donors (Lipinski definition) is 2. The summed E-state index contributed by atoms with van der Waals surface area (Å²) in [5.41, 5.74) is -1.47. The van der Waals surface area contributed by atoms with Crippen molar-refractivity contribution < 1.29 is 26.3 Å². The molecule has 0 radical (unpaired) electrons. The first kappa shape index (κ1) is 20.9. The van der Waals surface area contributed by atoms with Gasteiger partial charge in [0.25, 0.3) is 0 Å². The van der Waals surface area contributed by atoms with E-state index in [4.69, 9.17) is 0 Å². The van der Waals surface area contributed by atoms with Gasteiger partial charge in [0.05, 0.1) is 0 Å². The molecule has 0 amide bonds. The van der Waals surface area contributed by atoms with E-state index in [1.54, 1.807) is 24.3 Å². The summed E-state index contributed by atoms with van der Waals surface area (Å²) >= 11 is -0.352. The van der Waals surface area contributed by atoms with Crippen molar-refractivity contribution in [2.24, 2.45) is 0 Å². The lowest BCUT2D eigenvalue weighted by atomic mass is 10.2. The van der Waals surface area contributed by atoms with Crippen LogP contribution in [0.5, 0.6) is 0 Å². The van der Waals surface area contributed by atoms with Crippen molar-refractivity contribution in [3.8, 4) is 0 Å². The van der Waals surface area contributed by atoms with Gasteiger partial charge in [0, 0.05) is 22.9 Å². The number of halogens is 6. The number of benzene rings is 2. The highest BCUT2D eigenvalue weighted by molar-refractivity contribution is 8.00. The molecule has 2 aromatic carbocycles.